The number of ether oxygens (including phenoxy) is 4. The van der Waals surface area contributed by atoms with Crippen molar-refractivity contribution in [2.45, 2.75) is 458 Å². The molecule has 0 heterocycles. The largest absolute Gasteiger partial charge is 0.472 e. The summed E-state index contributed by atoms with van der Waals surface area (Å²) in [4.78, 5) is 73.0. The van der Waals surface area contributed by atoms with Gasteiger partial charge in [0, 0.05) is 25.7 Å². The van der Waals surface area contributed by atoms with Crippen LogP contribution in [0.2, 0.25) is 0 Å². The van der Waals surface area contributed by atoms with E-state index in [4.69, 9.17) is 37.0 Å². The zero-order valence-electron chi connectivity index (χ0n) is 66.9. The number of carbonyl (C=O) groups is 4. The first-order valence-corrected chi connectivity index (χ1v) is 46.0. The van der Waals surface area contributed by atoms with Gasteiger partial charge < -0.3 is 33.8 Å². The number of aliphatic hydroxyl groups excluding tert-OH is 1. The van der Waals surface area contributed by atoms with Crippen LogP contribution >= 0.6 is 15.6 Å². The van der Waals surface area contributed by atoms with Gasteiger partial charge in [-0.1, -0.05) is 388 Å². The molecule has 2 unspecified atom stereocenters. The predicted octanol–water partition coefficient (Wildman–Crippen LogP) is 25.1. The summed E-state index contributed by atoms with van der Waals surface area (Å²) in [5, 5.41) is 10.6. The molecule has 0 aromatic carbocycles. The van der Waals surface area contributed by atoms with Crippen molar-refractivity contribution in [2.24, 2.45) is 11.8 Å². The van der Waals surface area contributed by atoms with E-state index < -0.39 is 97.5 Å². The van der Waals surface area contributed by atoms with E-state index in [1.807, 2.05) is 0 Å². The average molecular weight is 1490 g/mol. The summed E-state index contributed by atoms with van der Waals surface area (Å²) in [6.07, 6.45) is 65.5. The van der Waals surface area contributed by atoms with Gasteiger partial charge in [0.2, 0.25) is 0 Å². The third kappa shape index (κ3) is 76.3. The number of unbranched alkanes of at least 4 members (excludes halogenated alkanes) is 52. The lowest BCUT2D eigenvalue weighted by molar-refractivity contribution is -0.161. The molecule has 0 bridgehead atoms. The van der Waals surface area contributed by atoms with Crippen LogP contribution < -0.4 is 0 Å². The SMILES string of the molecule is CCCCCCCCCCCCCCCCCCCCCCCC(=O)O[C@H](COC(=O)CCCCCCCCCCCCCCCCC(C)C)COP(=O)(O)OC[C@@H](O)COP(=O)(O)OC[C@@H](COC(=O)CCCCCCCCC)OC(=O)CCCCCCCCCCCCCCCCC(C)C. The molecule has 17 nitrogen and oxygen atoms in total. The maximum Gasteiger partial charge on any atom is 0.472 e. The second kappa shape index (κ2) is 74.5. The van der Waals surface area contributed by atoms with Crippen LogP contribution in [0.3, 0.4) is 0 Å². The molecule has 102 heavy (non-hydrogen) atoms. The van der Waals surface area contributed by atoms with Gasteiger partial charge in [0.05, 0.1) is 26.4 Å². The lowest BCUT2D eigenvalue weighted by atomic mass is 10.0. The minimum Gasteiger partial charge on any atom is -0.462 e. The first-order valence-electron chi connectivity index (χ1n) is 43.0. The van der Waals surface area contributed by atoms with Gasteiger partial charge in [0.1, 0.15) is 19.3 Å². The fraction of sp³-hybridized carbons (Fsp3) is 0.952. The van der Waals surface area contributed by atoms with Crippen LogP contribution in [0.4, 0.5) is 0 Å². The summed E-state index contributed by atoms with van der Waals surface area (Å²) >= 11 is 0. The second-order valence-electron chi connectivity index (χ2n) is 30.8. The molecular formula is C83H162O17P2. The standard InChI is InChI=1S/C83H162O17P2/c1-7-9-11-13-15-16-17-18-19-20-21-22-23-24-25-33-38-43-49-55-61-68-83(88)100-79(72-94-81(86)66-60-54-48-42-37-32-28-26-30-35-40-46-51-57-63-75(3)4)74-98-102(91,92)96-70-77(84)69-95-101(89,90)97-73-78(71-93-80(85)65-59-53-45-14-12-10-8-2)99-82(87)67-62-56-50-44-39-34-29-27-31-36-41-47-52-58-64-76(5)6/h75-79,84H,7-74H2,1-6H3,(H,89,90)(H,91,92)/t77-,78+,79+/m0/s1. The highest BCUT2D eigenvalue weighted by Gasteiger charge is 2.30. The van der Waals surface area contributed by atoms with Crippen LogP contribution in [0.15, 0.2) is 0 Å². The molecule has 19 heteroatoms. The summed E-state index contributed by atoms with van der Waals surface area (Å²) in [6.45, 7) is 9.65. The second-order valence-corrected chi connectivity index (χ2v) is 33.7. The Balaban J connectivity index is 5.17. The van der Waals surface area contributed by atoms with Crippen molar-refractivity contribution in [3.05, 3.63) is 0 Å². The van der Waals surface area contributed by atoms with Crippen LogP contribution in [-0.4, -0.2) is 96.7 Å². The summed E-state index contributed by atoms with van der Waals surface area (Å²) in [7, 11) is -9.92. The Kier molecular flexibility index (Phi) is 73.1. The zero-order valence-corrected chi connectivity index (χ0v) is 68.7. The molecule has 0 rings (SSSR count). The van der Waals surface area contributed by atoms with Crippen LogP contribution in [0.25, 0.3) is 0 Å². The highest BCUT2D eigenvalue weighted by atomic mass is 31.2. The number of hydrogen-bond acceptors (Lipinski definition) is 15. The summed E-state index contributed by atoms with van der Waals surface area (Å²) in [5.74, 6) is -0.516. The van der Waals surface area contributed by atoms with Crippen molar-refractivity contribution < 1.29 is 80.2 Å². The maximum absolute atomic E-state index is 13.1. The lowest BCUT2D eigenvalue weighted by Gasteiger charge is -2.21. The number of aliphatic hydroxyl groups is 1. The van der Waals surface area contributed by atoms with Crippen LogP contribution in [-0.2, 0) is 65.4 Å². The van der Waals surface area contributed by atoms with Crippen molar-refractivity contribution >= 4 is 39.5 Å². The van der Waals surface area contributed by atoms with Gasteiger partial charge in [-0.15, -0.1) is 0 Å². The van der Waals surface area contributed by atoms with Crippen LogP contribution in [0.1, 0.15) is 440 Å². The van der Waals surface area contributed by atoms with Crippen molar-refractivity contribution in [1.82, 2.24) is 0 Å². The molecule has 0 aliphatic carbocycles. The molecule has 0 aromatic heterocycles. The Labute approximate surface area is 626 Å². The Morgan fingerprint density at radius 2 is 0.451 bits per heavy atom. The molecule has 0 fully saturated rings. The van der Waals surface area contributed by atoms with Gasteiger partial charge >= 0.3 is 39.5 Å². The minimum atomic E-state index is -4.96. The number of rotatable bonds is 82. The van der Waals surface area contributed by atoms with Gasteiger partial charge in [-0.3, -0.25) is 37.3 Å². The quantitative estimate of drug-likeness (QED) is 0.0222. The lowest BCUT2D eigenvalue weighted by Crippen LogP contribution is -2.30. The Morgan fingerprint density at radius 1 is 0.265 bits per heavy atom. The molecule has 0 spiro atoms. The highest BCUT2D eigenvalue weighted by Crippen LogP contribution is 2.45. The van der Waals surface area contributed by atoms with E-state index in [0.717, 1.165) is 115 Å². The first-order chi connectivity index (χ1) is 49.4. The number of phosphoric ester groups is 2. The van der Waals surface area contributed by atoms with E-state index in [1.54, 1.807) is 0 Å². The molecule has 0 aliphatic rings. The normalized spacial score (nSPS) is 13.9. The van der Waals surface area contributed by atoms with Crippen molar-refractivity contribution in [3.63, 3.8) is 0 Å². The zero-order chi connectivity index (χ0) is 74.9. The Bertz CT molecular complexity index is 1960. The maximum atomic E-state index is 13.1. The van der Waals surface area contributed by atoms with E-state index >= 15 is 0 Å². The van der Waals surface area contributed by atoms with E-state index in [1.165, 1.54) is 244 Å². The van der Waals surface area contributed by atoms with Crippen molar-refractivity contribution in [1.29, 1.82) is 0 Å². The molecule has 5 atom stereocenters. The Hall–Kier alpha value is -1.94. The molecule has 0 saturated carbocycles. The molecule has 0 aliphatic heterocycles. The molecular weight excluding hydrogens is 1330 g/mol. The van der Waals surface area contributed by atoms with Crippen molar-refractivity contribution in [3.8, 4) is 0 Å². The van der Waals surface area contributed by atoms with Crippen molar-refractivity contribution in [2.75, 3.05) is 39.6 Å². The smallest absolute Gasteiger partial charge is 0.462 e. The van der Waals surface area contributed by atoms with Gasteiger partial charge in [-0.2, -0.15) is 0 Å². The molecule has 0 radical (unpaired) electrons. The summed E-state index contributed by atoms with van der Waals surface area (Å²) < 4.78 is 68.7. The number of esters is 4. The average Bonchev–Trinajstić information content (AvgIpc) is 0.917. The molecule has 0 amide bonds. The monoisotopic (exact) mass is 1490 g/mol. The van der Waals surface area contributed by atoms with Gasteiger partial charge in [0.25, 0.3) is 0 Å². The molecule has 606 valence electrons. The summed E-state index contributed by atoms with van der Waals surface area (Å²) in [6, 6.07) is 0. The molecule has 3 N–H and O–H groups in total. The predicted molar refractivity (Wildman–Crippen MR) is 418 cm³/mol. The molecule has 0 saturated heterocycles. The fourth-order valence-corrected chi connectivity index (χ4v) is 14.5. The van der Waals surface area contributed by atoms with E-state index in [2.05, 4.69) is 41.5 Å². The number of phosphoric acid groups is 2. The molecule has 0 aromatic rings. The first kappa shape index (κ1) is 100. The summed E-state index contributed by atoms with van der Waals surface area (Å²) in [5.41, 5.74) is 0. The Morgan fingerprint density at radius 3 is 0.667 bits per heavy atom. The van der Waals surface area contributed by atoms with E-state index in [0.29, 0.717) is 25.7 Å². The fourth-order valence-electron chi connectivity index (χ4n) is 12.9. The third-order valence-corrected chi connectivity index (χ3v) is 21.4. The minimum absolute atomic E-state index is 0.107. The number of carbonyl (C=O) groups excluding carboxylic acids is 4. The van der Waals surface area contributed by atoms with Gasteiger partial charge in [-0.05, 0) is 37.5 Å². The van der Waals surface area contributed by atoms with Crippen LogP contribution in [0, 0.1) is 11.8 Å². The van der Waals surface area contributed by atoms with E-state index in [9.17, 15) is 43.2 Å². The van der Waals surface area contributed by atoms with Crippen LogP contribution in [0.5, 0.6) is 0 Å². The van der Waals surface area contributed by atoms with E-state index in [-0.39, 0.29) is 25.7 Å². The topological polar surface area (TPSA) is 237 Å². The van der Waals surface area contributed by atoms with Gasteiger partial charge in [0.15, 0.2) is 12.2 Å². The van der Waals surface area contributed by atoms with Gasteiger partial charge in [-0.25, -0.2) is 9.13 Å². The third-order valence-electron chi connectivity index (χ3n) is 19.5. The number of hydrogen-bond donors (Lipinski definition) is 3. The highest BCUT2D eigenvalue weighted by molar-refractivity contribution is 7.47.